The molecule has 1 N–H and O–H groups in total. The standard InChI is InChI=1S/C28H28FN7O/c1-3-4-14-31-28-32-15-13-23(34-28)26-25(19-7-9-21(29)10-8-19)35-24-12-11-22(36(24)26)17-37-27-20(16-30)6-5-18(2)33-27/h5-10,13,15,22H,3-4,11-12,14,17H2,1-2H3,(H,31,32,34). The number of halogens is 1. The number of aryl methyl sites for hydroxylation is 2. The summed E-state index contributed by atoms with van der Waals surface area (Å²) >= 11 is 0. The van der Waals surface area contributed by atoms with Crippen molar-refractivity contribution in [2.24, 2.45) is 0 Å². The molecule has 188 valence electrons. The molecule has 1 aliphatic rings. The lowest BCUT2D eigenvalue weighted by atomic mass is 10.1. The number of unbranched alkanes of at least 4 members (excludes halogenated alkanes) is 1. The number of nitriles is 1. The zero-order chi connectivity index (χ0) is 25.8. The third-order valence-electron chi connectivity index (χ3n) is 6.41. The van der Waals surface area contributed by atoms with Gasteiger partial charge < -0.3 is 14.6 Å². The molecule has 5 rings (SSSR count). The molecule has 9 heteroatoms. The van der Waals surface area contributed by atoms with Gasteiger partial charge in [0.15, 0.2) is 0 Å². The Morgan fingerprint density at radius 1 is 1.14 bits per heavy atom. The maximum atomic E-state index is 13.7. The normalized spacial score (nSPS) is 14.3. The second-order valence-corrected chi connectivity index (χ2v) is 9.07. The average molecular weight is 498 g/mol. The third-order valence-corrected chi connectivity index (χ3v) is 6.41. The van der Waals surface area contributed by atoms with E-state index in [9.17, 15) is 9.65 Å². The molecule has 0 aliphatic carbocycles. The summed E-state index contributed by atoms with van der Waals surface area (Å²) in [6.07, 6.45) is 5.43. The lowest BCUT2D eigenvalue weighted by Crippen LogP contribution is -2.16. The molecule has 4 heterocycles. The number of pyridine rings is 1. The number of rotatable bonds is 9. The van der Waals surface area contributed by atoms with Crippen LogP contribution in [0.15, 0.2) is 48.7 Å². The van der Waals surface area contributed by atoms with Crippen LogP contribution in [0.5, 0.6) is 5.88 Å². The van der Waals surface area contributed by atoms with Crippen LogP contribution in [0.2, 0.25) is 0 Å². The zero-order valence-electron chi connectivity index (χ0n) is 20.9. The lowest BCUT2D eigenvalue weighted by Gasteiger charge is -2.18. The van der Waals surface area contributed by atoms with E-state index in [0.29, 0.717) is 24.0 Å². The van der Waals surface area contributed by atoms with Crippen LogP contribution in [0.1, 0.15) is 49.3 Å². The number of hydrogen-bond acceptors (Lipinski definition) is 7. The maximum absolute atomic E-state index is 13.7. The minimum Gasteiger partial charge on any atom is -0.475 e. The molecule has 1 aliphatic heterocycles. The Morgan fingerprint density at radius 2 is 1.97 bits per heavy atom. The first-order valence-corrected chi connectivity index (χ1v) is 12.5. The van der Waals surface area contributed by atoms with Crippen molar-refractivity contribution in [1.29, 1.82) is 5.26 Å². The van der Waals surface area contributed by atoms with Gasteiger partial charge in [0.25, 0.3) is 0 Å². The molecule has 3 aromatic heterocycles. The molecule has 4 aromatic rings. The summed E-state index contributed by atoms with van der Waals surface area (Å²) in [5, 5.41) is 12.8. The molecule has 0 fully saturated rings. The van der Waals surface area contributed by atoms with Crippen molar-refractivity contribution in [3.8, 4) is 34.6 Å². The number of nitrogens with zero attached hydrogens (tertiary/aromatic N) is 6. The number of aromatic nitrogens is 5. The van der Waals surface area contributed by atoms with Crippen molar-refractivity contribution >= 4 is 5.95 Å². The van der Waals surface area contributed by atoms with E-state index in [4.69, 9.17) is 14.7 Å². The molecule has 1 unspecified atom stereocenters. The van der Waals surface area contributed by atoms with Crippen LogP contribution in [0, 0.1) is 24.1 Å². The van der Waals surface area contributed by atoms with Gasteiger partial charge in [-0.1, -0.05) is 13.3 Å². The van der Waals surface area contributed by atoms with Crippen LogP contribution >= 0.6 is 0 Å². The Bertz CT molecular complexity index is 1440. The number of nitrogens with one attached hydrogen (secondary N) is 1. The predicted octanol–water partition coefficient (Wildman–Crippen LogP) is 5.50. The lowest BCUT2D eigenvalue weighted by molar-refractivity contribution is 0.246. The fourth-order valence-corrected chi connectivity index (χ4v) is 4.54. The van der Waals surface area contributed by atoms with Crippen molar-refractivity contribution in [3.05, 3.63) is 71.6 Å². The van der Waals surface area contributed by atoms with Gasteiger partial charge in [-0.25, -0.2) is 24.3 Å². The molecular formula is C28H28FN7O. The topological polar surface area (TPSA) is 102 Å². The molecular weight excluding hydrogens is 469 g/mol. The highest BCUT2D eigenvalue weighted by Gasteiger charge is 2.31. The highest BCUT2D eigenvalue weighted by atomic mass is 19.1. The fourth-order valence-electron chi connectivity index (χ4n) is 4.54. The number of imidazole rings is 1. The summed E-state index contributed by atoms with van der Waals surface area (Å²) in [6, 6.07) is 13.9. The number of anilines is 1. The van der Waals surface area contributed by atoms with Crippen molar-refractivity contribution in [3.63, 3.8) is 0 Å². The molecule has 0 saturated carbocycles. The molecule has 0 saturated heterocycles. The van der Waals surface area contributed by atoms with Crippen LogP contribution in [-0.2, 0) is 6.42 Å². The van der Waals surface area contributed by atoms with E-state index in [1.165, 1.54) is 12.1 Å². The summed E-state index contributed by atoms with van der Waals surface area (Å²) in [5.74, 6) is 1.51. The summed E-state index contributed by atoms with van der Waals surface area (Å²) < 4.78 is 22.0. The largest absolute Gasteiger partial charge is 0.475 e. The van der Waals surface area contributed by atoms with Crippen molar-refractivity contribution in [2.45, 2.75) is 45.6 Å². The highest BCUT2D eigenvalue weighted by molar-refractivity contribution is 5.78. The molecule has 0 amide bonds. The summed E-state index contributed by atoms with van der Waals surface area (Å²) in [6.45, 7) is 5.12. The quantitative estimate of drug-likeness (QED) is 0.305. The molecule has 1 aromatic carbocycles. The summed E-state index contributed by atoms with van der Waals surface area (Å²) in [4.78, 5) is 18.6. The first-order valence-electron chi connectivity index (χ1n) is 12.5. The predicted molar refractivity (Wildman–Crippen MR) is 139 cm³/mol. The van der Waals surface area contributed by atoms with E-state index in [1.807, 2.05) is 13.0 Å². The monoisotopic (exact) mass is 497 g/mol. The van der Waals surface area contributed by atoms with Gasteiger partial charge in [0.2, 0.25) is 11.8 Å². The SMILES string of the molecule is CCCCNc1nccc(-c2c(-c3ccc(F)cc3)nc3n2C(COc2nc(C)ccc2C#N)CC3)n1. The van der Waals surface area contributed by atoms with Crippen LogP contribution < -0.4 is 10.1 Å². The Balaban J connectivity index is 1.53. The van der Waals surface area contributed by atoms with Gasteiger partial charge in [0.1, 0.15) is 29.9 Å². The van der Waals surface area contributed by atoms with Gasteiger partial charge in [0, 0.05) is 30.4 Å². The van der Waals surface area contributed by atoms with Gasteiger partial charge in [-0.2, -0.15) is 5.26 Å². The molecule has 0 spiro atoms. The molecule has 0 radical (unpaired) electrons. The highest BCUT2D eigenvalue weighted by Crippen LogP contribution is 2.39. The maximum Gasteiger partial charge on any atom is 0.231 e. The summed E-state index contributed by atoms with van der Waals surface area (Å²) in [5.41, 5.74) is 4.30. The smallest absolute Gasteiger partial charge is 0.231 e. The van der Waals surface area contributed by atoms with E-state index >= 15 is 0 Å². The first kappa shape index (κ1) is 24.4. The number of fused-ring (bicyclic) bond motifs is 1. The van der Waals surface area contributed by atoms with E-state index in [0.717, 1.165) is 66.4 Å². The summed E-state index contributed by atoms with van der Waals surface area (Å²) in [7, 11) is 0. The second kappa shape index (κ2) is 10.7. The fraction of sp³-hybridized carbons (Fsp3) is 0.321. The minimum atomic E-state index is -0.299. The van der Waals surface area contributed by atoms with E-state index in [-0.39, 0.29) is 11.9 Å². The van der Waals surface area contributed by atoms with Crippen LogP contribution in [0.3, 0.4) is 0 Å². The number of benzene rings is 1. The molecule has 37 heavy (non-hydrogen) atoms. The van der Waals surface area contributed by atoms with Crippen molar-refractivity contribution in [1.82, 2.24) is 24.5 Å². The van der Waals surface area contributed by atoms with Crippen LogP contribution in [0.25, 0.3) is 22.6 Å². The Morgan fingerprint density at radius 3 is 2.76 bits per heavy atom. The molecule has 0 bridgehead atoms. The van der Waals surface area contributed by atoms with Gasteiger partial charge in [0.05, 0.1) is 23.1 Å². The first-order chi connectivity index (χ1) is 18.1. The number of hydrogen-bond donors (Lipinski definition) is 1. The zero-order valence-corrected chi connectivity index (χ0v) is 20.9. The average Bonchev–Trinajstić information content (AvgIpc) is 3.48. The van der Waals surface area contributed by atoms with E-state index < -0.39 is 0 Å². The van der Waals surface area contributed by atoms with Crippen molar-refractivity contribution in [2.75, 3.05) is 18.5 Å². The van der Waals surface area contributed by atoms with Crippen molar-refractivity contribution < 1.29 is 9.13 Å². The Kier molecular flexibility index (Phi) is 7.08. The Labute approximate surface area is 215 Å². The Hall–Kier alpha value is -4.32. The second-order valence-electron chi connectivity index (χ2n) is 9.07. The van der Waals surface area contributed by atoms with Gasteiger partial charge in [-0.05, 0) is 62.2 Å². The third kappa shape index (κ3) is 5.14. The number of ether oxygens (including phenoxy) is 1. The molecule has 8 nitrogen and oxygen atoms in total. The van der Waals surface area contributed by atoms with Gasteiger partial charge >= 0.3 is 0 Å². The van der Waals surface area contributed by atoms with Gasteiger partial charge in [-0.15, -0.1) is 0 Å². The van der Waals surface area contributed by atoms with E-state index in [2.05, 4.69) is 32.8 Å². The van der Waals surface area contributed by atoms with Crippen LogP contribution in [-0.4, -0.2) is 37.7 Å². The van der Waals surface area contributed by atoms with Gasteiger partial charge in [-0.3, -0.25) is 0 Å². The van der Waals surface area contributed by atoms with E-state index in [1.54, 1.807) is 30.5 Å². The van der Waals surface area contributed by atoms with Crippen LogP contribution in [0.4, 0.5) is 10.3 Å². The molecule has 1 atom stereocenters. The minimum absolute atomic E-state index is 0.0352.